The topological polar surface area (TPSA) is 78.2 Å². The van der Waals surface area contributed by atoms with Crippen molar-refractivity contribution in [3.8, 4) is 6.07 Å². The van der Waals surface area contributed by atoms with Crippen LogP contribution in [-0.2, 0) is 16.3 Å². The summed E-state index contributed by atoms with van der Waals surface area (Å²) in [5, 5.41) is 19.8. The third kappa shape index (κ3) is 3.13. The zero-order valence-electron chi connectivity index (χ0n) is 15.5. The van der Waals surface area contributed by atoms with Gasteiger partial charge >= 0.3 is 0 Å². The monoisotopic (exact) mass is 421 g/mol. The Morgan fingerprint density at radius 3 is 2.52 bits per heavy atom. The number of nitriles is 1. The Bertz CT molecular complexity index is 1160. The van der Waals surface area contributed by atoms with Crippen LogP contribution >= 0.6 is 0 Å². The summed E-state index contributed by atoms with van der Waals surface area (Å²) in [6.07, 6.45) is -3.46. The number of alkyl halides is 2. The third-order valence-corrected chi connectivity index (χ3v) is 7.01. The molecule has 0 saturated heterocycles. The lowest BCUT2D eigenvalue weighted by atomic mass is 9.74. The van der Waals surface area contributed by atoms with Crippen molar-refractivity contribution < 1.29 is 26.7 Å². The average molecular weight is 421 g/mol. The molecule has 2 aromatic carbocycles. The maximum Gasteiger partial charge on any atom is 0.175 e. The van der Waals surface area contributed by atoms with Crippen molar-refractivity contribution >= 4 is 9.84 Å². The highest BCUT2D eigenvalue weighted by molar-refractivity contribution is 7.90. The van der Waals surface area contributed by atoms with Crippen molar-refractivity contribution in [1.82, 2.24) is 0 Å². The van der Waals surface area contributed by atoms with Crippen molar-refractivity contribution in [2.45, 2.75) is 48.5 Å². The lowest BCUT2D eigenvalue weighted by Gasteiger charge is -2.31. The lowest BCUT2D eigenvalue weighted by molar-refractivity contribution is 0.0907. The molecular weight excluding hydrogens is 403 g/mol. The quantitative estimate of drug-likeness (QED) is 0.796. The second-order valence-electron chi connectivity index (χ2n) is 7.65. The predicted molar refractivity (Wildman–Crippen MR) is 99.2 cm³/mol. The predicted octanol–water partition coefficient (Wildman–Crippen LogP) is 3.96. The minimum Gasteiger partial charge on any atom is -0.385 e. The fraction of sp³-hybridized carbons (Fsp3) is 0.381. The molecule has 0 aliphatic heterocycles. The van der Waals surface area contributed by atoms with Gasteiger partial charge in [-0.1, -0.05) is 6.07 Å². The van der Waals surface area contributed by atoms with E-state index in [1.54, 1.807) is 0 Å². The molecule has 4 rings (SSSR count). The zero-order chi connectivity index (χ0) is 21.1. The van der Waals surface area contributed by atoms with Gasteiger partial charge in [-0.15, -0.1) is 0 Å². The first-order valence-electron chi connectivity index (χ1n) is 9.18. The third-order valence-electron chi connectivity index (χ3n) is 5.86. The molecule has 4 nitrogen and oxygen atoms in total. The minimum atomic E-state index is -3.71. The molecule has 0 amide bonds. The van der Waals surface area contributed by atoms with Gasteiger partial charge in [-0.05, 0) is 53.3 Å². The number of rotatable bonds is 2. The molecule has 0 unspecified atom stereocenters. The van der Waals surface area contributed by atoms with E-state index in [9.17, 15) is 32.0 Å². The van der Waals surface area contributed by atoms with Crippen LogP contribution in [0.1, 0.15) is 64.4 Å². The molecule has 0 spiro atoms. The molecular formula is C21H18F3NO3S. The smallest absolute Gasteiger partial charge is 0.175 e. The lowest BCUT2D eigenvalue weighted by Crippen LogP contribution is -2.18. The molecule has 8 heteroatoms. The molecule has 2 aliphatic rings. The van der Waals surface area contributed by atoms with Gasteiger partial charge in [0.1, 0.15) is 24.3 Å². The second kappa shape index (κ2) is 6.85. The Morgan fingerprint density at radius 2 is 1.86 bits per heavy atom. The van der Waals surface area contributed by atoms with Gasteiger partial charge in [0.25, 0.3) is 0 Å². The number of benzene rings is 2. The Balaban J connectivity index is 1.98. The van der Waals surface area contributed by atoms with Gasteiger partial charge in [0.15, 0.2) is 9.84 Å². The van der Waals surface area contributed by atoms with Crippen LogP contribution < -0.4 is 0 Å². The standard InChI is InChI=1S/C21H18F3NO3S/c1-29(27,28)18-5-3-12(14-8-17(24)21(26)20(14)18)13-2-4-16(23)15-7-11(22)6-10(9-25)19(13)15/h3,5-7,13,16-17,21,26H,2,4,8H2,1H3/t13-,16+,17-,21-/m1/s1. The van der Waals surface area contributed by atoms with E-state index in [0.29, 0.717) is 23.1 Å². The van der Waals surface area contributed by atoms with E-state index < -0.39 is 40.0 Å². The van der Waals surface area contributed by atoms with Crippen LogP contribution in [0.3, 0.4) is 0 Å². The number of aliphatic hydroxyl groups excluding tert-OH is 1. The van der Waals surface area contributed by atoms with Crippen LogP contribution in [0.25, 0.3) is 0 Å². The summed E-state index contributed by atoms with van der Waals surface area (Å²) in [5.74, 6) is -1.23. The summed E-state index contributed by atoms with van der Waals surface area (Å²) >= 11 is 0. The number of hydrogen-bond donors (Lipinski definition) is 1. The fourth-order valence-corrected chi connectivity index (χ4v) is 5.61. The van der Waals surface area contributed by atoms with Crippen LogP contribution in [-0.4, -0.2) is 26.0 Å². The van der Waals surface area contributed by atoms with E-state index in [4.69, 9.17) is 0 Å². The highest BCUT2D eigenvalue weighted by Gasteiger charge is 2.40. The van der Waals surface area contributed by atoms with Crippen molar-refractivity contribution in [3.63, 3.8) is 0 Å². The highest BCUT2D eigenvalue weighted by Crippen LogP contribution is 2.49. The Morgan fingerprint density at radius 1 is 1.14 bits per heavy atom. The van der Waals surface area contributed by atoms with Gasteiger partial charge in [0.2, 0.25) is 0 Å². The van der Waals surface area contributed by atoms with E-state index in [2.05, 4.69) is 0 Å². The molecule has 29 heavy (non-hydrogen) atoms. The summed E-state index contributed by atoms with van der Waals surface area (Å²) in [5.41, 5.74) is 1.38. The molecule has 2 aromatic rings. The molecule has 0 heterocycles. The minimum absolute atomic E-state index is 0.00336. The number of nitrogens with zero attached hydrogens (tertiary/aromatic N) is 1. The van der Waals surface area contributed by atoms with E-state index >= 15 is 0 Å². The Hall–Kier alpha value is -2.37. The molecule has 0 fully saturated rings. The first-order chi connectivity index (χ1) is 13.6. The first-order valence-corrected chi connectivity index (χ1v) is 11.1. The second-order valence-corrected chi connectivity index (χ2v) is 9.63. The maximum atomic E-state index is 14.5. The van der Waals surface area contributed by atoms with Gasteiger partial charge in [-0.3, -0.25) is 0 Å². The summed E-state index contributed by atoms with van der Waals surface area (Å²) in [4.78, 5) is -0.136. The largest absolute Gasteiger partial charge is 0.385 e. The first kappa shape index (κ1) is 19.9. The molecule has 0 saturated carbocycles. The van der Waals surface area contributed by atoms with Gasteiger partial charge in [0, 0.05) is 24.2 Å². The fourth-order valence-electron chi connectivity index (χ4n) is 4.65. The summed E-state index contributed by atoms with van der Waals surface area (Å²) in [7, 11) is -3.71. The molecule has 0 aromatic heterocycles. The highest BCUT2D eigenvalue weighted by atomic mass is 32.2. The van der Waals surface area contributed by atoms with E-state index in [0.717, 1.165) is 18.4 Å². The van der Waals surface area contributed by atoms with Crippen LogP contribution in [0.5, 0.6) is 0 Å². The van der Waals surface area contributed by atoms with Crippen LogP contribution in [0.4, 0.5) is 13.2 Å². The van der Waals surface area contributed by atoms with E-state index in [-0.39, 0.29) is 34.4 Å². The molecule has 152 valence electrons. The zero-order valence-corrected chi connectivity index (χ0v) is 16.3. The summed E-state index contributed by atoms with van der Waals surface area (Å²) in [6.45, 7) is 0. The van der Waals surface area contributed by atoms with Crippen molar-refractivity contribution in [1.29, 1.82) is 5.26 Å². The van der Waals surface area contributed by atoms with Crippen molar-refractivity contribution in [3.05, 3.63) is 63.5 Å². The van der Waals surface area contributed by atoms with Crippen LogP contribution in [0.15, 0.2) is 29.2 Å². The van der Waals surface area contributed by atoms with Crippen LogP contribution in [0.2, 0.25) is 0 Å². The van der Waals surface area contributed by atoms with Gasteiger partial charge < -0.3 is 5.11 Å². The number of fused-ring (bicyclic) bond motifs is 2. The number of aliphatic hydroxyl groups is 1. The van der Waals surface area contributed by atoms with Crippen LogP contribution in [0, 0.1) is 17.1 Å². The van der Waals surface area contributed by atoms with Gasteiger partial charge in [0.05, 0.1) is 16.5 Å². The average Bonchev–Trinajstić information content (AvgIpc) is 2.95. The maximum absolute atomic E-state index is 14.5. The molecule has 4 atom stereocenters. The van der Waals surface area contributed by atoms with E-state index in [1.165, 1.54) is 12.1 Å². The SMILES string of the molecule is CS(=O)(=O)c1ccc([C@H]2CC[C@H](F)c3cc(F)cc(C#N)c32)c2c1[C@H](O)[C@H](F)C2. The van der Waals surface area contributed by atoms with Crippen molar-refractivity contribution in [2.75, 3.05) is 6.26 Å². The van der Waals surface area contributed by atoms with Crippen molar-refractivity contribution in [2.24, 2.45) is 0 Å². The number of hydrogen-bond acceptors (Lipinski definition) is 4. The number of halogens is 3. The number of sulfone groups is 1. The Labute approximate surface area is 166 Å². The normalized spacial score (nSPS) is 25.9. The summed E-state index contributed by atoms with van der Waals surface area (Å²) < 4.78 is 67.1. The molecule has 0 bridgehead atoms. The van der Waals surface area contributed by atoms with E-state index in [1.807, 2.05) is 6.07 Å². The Kier molecular flexibility index (Phi) is 4.71. The summed E-state index contributed by atoms with van der Waals surface area (Å²) in [6, 6.07) is 6.89. The van der Waals surface area contributed by atoms with Gasteiger partial charge in [-0.25, -0.2) is 21.6 Å². The molecule has 2 aliphatic carbocycles. The molecule has 0 radical (unpaired) electrons. The van der Waals surface area contributed by atoms with Gasteiger partial charge in [-0.2, -0.15) is 5.26 Å². The molecule has 1 N–H and O–H groups in total.